The van der Waals surface area contributed by atoms with Crippen LogP contribution in [0.4, 0.5) is 4.79 Å². The van der Waals surface area contributed by atoms with Crippen LogP contribution in [0.3, 0.4) is 0 Å². The highest BCUT2D eigenvalue weighted by molar-refractivity contribution is 5.94. The van der Waals surface area contributed by atoms with Crippen LogP contribution in [0.15, 0.2) is 138 Å². The van der Waals surface area contributed by atoms with Crippen LogP contribution < -0.4 is 15.6 Å². The van der Waals surface area contributed by atoms with Crippen LogP contribution in [0.25, 0.3) is 10.9 Å². The van der Waals surface area contributed by atoms with Crippen molar-refractivity contribution in [2.24, 2.45) is 5.92 Å². The van der Waals surface area contributed by atoms with Gasteiger partial charge in [-0.3, -0.25) is 14.5 Å². The first-order chi connectivity index (χ1) is 30.2. The molecule has 3 atom stereocenters. The van der Waals surface area contributed by atoms with Crippen LogP contribution >= 0.6 is 0 Å². The van der Waals surface area contributed by atoms with Gasteiger partial charge in [0.1, 0.15) is 18.1 Å². The van der Waals surface area contributed by atoms with E-state index in [1.165, 1.54) is 12.1 Å². The number of hydrogen-bond donors (Lipinski definition) is 5. The molecule has 6 aromatic rings. The van der Waals surface area contributed by atoms with E-state index in [4.69, 9.17) is 4.74 Å². The SMILES string of the molecule is O=C(c1ccc(COc2cccc(C(c3ccccc3)N(C(=O)O)[C@H]3CN4CCC3CC4)c2)cc1)N(CCCNC[C@@H](O)c1ccc(O)c2[nH]c(=O)ccc12)Cc1ccccc1. The lowest BCUT2D eigenvalue weighted by molar-refractivity contribution is -0.000814. The highest BCUT2D eigenvalue weighted by atomic mass is 16.5. The zero-order chi connectivity index (χ0) is 43.0. The van der Waals surface area contributed by atoms with Gasteiger partial charge in [0.15, 0.2) is 0 Å². The number of rotatable bonds is 17. The molecule has 12 nitrogen and oxygen atoms in total. The van der Waals surface area contributed by atoms with Crippen LogP contribution in [0.5, 0.6) is 11.5 Å². The van der Waals surface area contributed by atoms with E-state index in [1.807, 2.05) is 114 Å². The molecule has 5 aromatic carbocycles. The number of phenolic OH excluding ortho intramolecular Hbond substituents is 1. The Bertz CT molecular complexity index is 2510. The minimum absolute atomic E-state index is 0.0619. The number of hydrogen-bond acceptors (Lipinski definition) is 8. The average molecular weight is 836 g/mol. The number of piperidine rings is 3. The molecule has 1 aromatic heterocycles. The first-order valence-corrected chi connectivity index (χ1v) is 21.4. The number of phenols is 1. The van der Waals surface area contributed by atoms with E-state index >= 15 is 0 Å². The molecular weight excluding hydrogens is 783 g/mol. The summed E-state index contributed by atoms with van der Waals surface area (Å²) in [6, 6.07) is 40.3. The molecule has 3 aliphatic rings. The molecule has 3 fully saturated rings. The summed E-state index contributed by atoms with van der Waals surface area (Å²) in [7, 11) is 0. The quantitative estimate of drug-likeness (QED) is 0.0594. The topological polar surface area (TPSA) is 159 Å². The van der Waals surface area contributed by atoms with E-state index in [1.54, 1.807) is 17.0 Å². The number of carbonyl (C=O) groups is 2. The zero-order valence-corrected chi connectivity index (χ0v) is 34.6. The number of nitrogens with zero attached hydrogens (tertiary/aromatic N) is 3. The molecule has 4 heterocycles. The lowest BCUT2D eigenvalue weighted by atomic mass is 9.81. The maximum atomic E-state index is 14.0. The first-order valence-electron chi connectivity index (χ1n) is 21.4. The van der Waals surface area contributed by atoms with Crippen molar-refractivity contribution >= 4 is 22.9 Å². The second kappa shape index (κ2) is 19.5. The Morgan fingerprint density at radius 2 is 1.56 bits per heavy atom. The second-order valence-electron chi connectivity index (χ2n) is 16.3. The monoisotopic (exact) mass is 835 g/mol. The summed E-state index contributed by atoms with van der Waals surface area (Å²) in [5.41, 5.74) is 4.75. The largest absolute Gasteiger partial charge is 0.506 e. The molecule has 62 heavy (non-hydrogen) atoms. The Labute approximate surface area is 361 Å². The van der Waals surface area contributed by atoms with Gasteiger partial charge in [0.2, 0.25) is 5.56 Å². The van der Waals surface area contributed by atoms with Crippen LogP contribution in [-0.2, 0) is 13.2 Å². The van der Waals surface area contributed by atoms with E-state index in [0.717, 1.165) is 54.7 Å². The van der Waals surface area contributed by atoms with Crippen molar-refractivity contribution in [1.82, 2.24) is 25.0 Å². The summed E-state index contributed by atoms with van der Waals surface area (Å²) in [4.78, 5) is 47.4. The maximum Gasteiger partial charge on any atom is 0.408 e. The van der Waals surface area contributed by atoms with Gasteiger partial charge in [-0.05, 0) is 109 Å². The number of aromatic hydroxyl groups is 1. The third kappa shape index (κ3) is 9.84. The lowest BCUT2D eigenvalue weighted by Gasteiger charge is -2.50. The van der Waals surface area contributed by atoms with Gasteiger partial charge in [0, 0.05) is 43.2 Å². The van der Waals surface area contributed by atoms with Crippen molar-refractivity contribution in [3.8, 4) is 11.5 Å². The number of carbonyl (C=O) groups excluding carboxylic acids is 1. The van der Waals surface area contributed by atoms with E-state index in [0.29, 0.717) is 54.2 Å². The number of fused-ring (bicyclic) bond motifs is 4. The number of aliphatic hydroxyl groups is 1. The van der Waals surface area contributed by atoms with Crippen molar-refractivity contribution < 1.29 is 29.6 Å². The molecule has 0 saturated carbocycles. The first kappa shape index (κ1) is 42.2. The fraction of sp³-hybridized carbons (Fsp3) is 0.300. The van der Waals surface area contributed by atoms with E-state index in [2.05, 4.69) is 15.2 Å². The molecule has 9 rings (SSSR count). The van der Waals surface area contributed by atoms with E-state index in [9.17, 15) is 29.7 Å². The molecule has 3 saturated heterocycles. The molecule has 5 N–H and O–H groups in total. The standard InChI is InChI=1S/C50H53N5O7/c56-44-21-19-41(42-20-22-46(58)52-47(42)44)45(57)30-51-25-8-26-54(31-34-9-3-1-4-10-34)49(59)38-17-15-35(16-18-38)33-62-40-14-7-13-39(29-40)48(37-11-5-2-6-12-37)55(50(60)61)43-32-53-27-23-36(43)24-28-53/h1-7,9-22,29,36,43,45,48,51,56-57H,8,23-28,30-33H2,(H,52,58)(H,60,61)/t43-,45+,48?/m0/s1. The number of benzene rings is 5. The highest BCUT2D eigenvalue weighted by Gasteiger charge is 2.43. The third-order valence-electron chi connectivity index (χ3n) is 12.3. The van der Waals surface area contributed by atoms with Crippen molar-refractivity contribution in [2.45, 2.75) is 50.6 Å². The van der Waals surface area contributed by atoms with Gasteiger partial charge in [0.25, 0.3) is 5.91 Å². The fourth-order valence-corrected chi connectivity index (χ4v) is 9.06. The average Bonchev–Trinajstić information content (AvgIpc) is 3.30. The lowest BCUT2D eigenvalue weighted by Crippen LogP contribution is -2.59. The number of H-pyrrole nitrogens is 1. The molecule has 1 unspecified atom stereocenters. The highest BCUT2D eigenvalue weighted by Crippen LogP contribution is 2.39. The van der Waals surface area contributed by atoms with E-state index < -0.39 is 18.2 Å². The summed E-state index contributed by atoms with van der Waals surface area (Å²) in [6.45, 7) is 4.75. The Morgan fingerprint density at radius 3 is 2.27 bits per heavy atom. The van der Waals surface area contributed by atoms with Crippen LogP contribution in [-0.4, -0.2) is 92.3 Å². The zero-order valence-electron chi connectivity index (χ0n) is 34.6. The summed E-state index contributed by atoms with van der Waals surface area (Å²) in [5.74, 6) is 0.802. The predicted octanol–water partition coefficient (Wildman–Crippen LogP) is 7.33. The van der Waals surface area contributed by atoms with Crippen LogP contribution in [0.1, 0.15) is 69.6 Å². The summed E-state index contributed by atoms with van der Waals surface area (Å²) in [6.07, 6.45) is 0.841. The number of aromatic amines is 1. The maximum absolute atomic E-state index is 14.0. The molecule has 0 radical (unpaired) electrons. The van der Waals surface area contributed by atoms with Crippen molar-refractivity contribution in [1.29, 1.82) is 0 Å². The third-order valence-corrected chi connectivity index (χ3v) is 12.3. The predicted molar refractivity (Wildman–Crippen MR) is 238 cm³/mol. The number of amides is 2. The minimum Gasteiger partial charge on any atom is -0.506 e. The molecule has 320 valence electrons. The van der Waals surface area contributed by atoms with Gasteiger partial charge in [-0.15, -0.1) is 0 Å². The van der Waals surface area contributed by atoms with Crippen molar-refractivity contribution in [3.05, 3.63) is 177 Å². The minimum atomic E-state index is -0.922. The number of aromatic nitrogens is 1. The Kier molecular flexibility index (Phi) is 13.3. The number of aliphatic hydroxyl groups excluding tert-OH is 1. The molecule has 2 bridgehead atoms. The molecule has 12 heteroatoms. The number of pyridine rings is 1. The molecule has 2 amide bonds. The summed E-state index contributed by atoms with van der Waals surface area (Å²) >= 11 is 0. The normalized spacial score (nSPS) is 17.9. The smallest absolute Gasteiger partial charge is 0.408 e. The van der Waals surface area contributed by atoms with Gasteiger partial charge in [0.05, 0.1) is 23.7 Å². The number of ether oxygens (including phenoxy) is 1. The van der Waals surface area contributed by atoms with Crippen molar-refractivity contribution in [2.75, 3.05) is 39.3 Å². The second-order valence-corrected chi connectivity index (χ2v) is 16.3. The van der Waals surface area contributed by atoms with E-state index in [-0.39, 0.29) is 41.9 Å². The van der Waals surface area contributed by atoms with Gasteiger partial charge in [-0.2, -0.15) is 0 Å². The molecule has 0 spiro atoms. The summed E-state index contributed by atoms with van der Waals surface area (Å²) in [5, 5.41) is 35.8. The molecule has 3 aliphatic heterocycles. The Morgan fingerprint density at radius 1 is 0.839 bits per heavy atom. The fourth-order valence-electron chi connectivity index (χ4n) is 9.06. The number of nitrogens with one attached hydrogen (secondary N) is 2. The van der Waals surface area contributed by atoms with Crippen LogP contribution in [0.2, 0.25) is 0 Å². The van der Waals surface area contributed by atoms with Gasteiger partial charge < -0.3 is 40.2 Å². The number of carboxylic acid groups (broad SMARTS) is 1. The summed E-state index contributed by atoms with van der Waals surface area (Å²) < 4.78 is 6.31. The molecule has 0 aliphatic carbocycles. The molecular formula is C50H53N5O7. The Hall–Kier alpha value is -6.47. The van der Waals surface area contributed by atoms with Gasteiger partial charge in [-0.25, -0.2) is 4.79 Å². The van der Waals surface area contributed by atoms with Crippen LogP contribution in [0, 0.1) is 5.92 Å². The van der Waals surface area contributed by atoms with Crippen molar-refractivity contribution in [3.63, 3.8) is 0 Å². The Balaban J connectivity index is 0.905. The van der Waals surface area contributed by atoms with Gasteiger partial charge >= 0.3 is 6.09 Å². The van der Waals surface area contributed by atoms with Gasteiger partial charge in [-0.1, -0.05) is 91.0 Å².